The summed E-state index contributed by atoms with van der Waals surface area (Å²) in [4.78, 5) is 16.9. The van der Waals surface area contributed by atoms with Gasteiger partial charge in [0, 0.05) is 25.7 Å². The number of nitrogens with one attached hydrogen (secondary N) is 1. The number of carbonyl (C=O) groups is 1. The molecule has 1 saturated heterocycles. The van der Waals surface area contributed by atoms with Crippen molar-refractivity contribution in [3.63, 3.8) is 0 Å². The predicted octanol–water partition coefficient (Wildman–Crippen LogP) is 2.99. The van der Waals surface area contributed by atoms with Gasteiger partial charge in [-0.2, -0.15) is 0 Å². The van der Waals surface area contributed by atoms with Crippen molar-refractivity contribution in [2.24, 2.45) is 11.8 Å². The van der Waals surface area contributed by atoms with Crippen molar-refractivity contribution < 1.29 is 4.79 Å². The van der Waals surface area contributed by atoms with Crippen molar-refractivity contribution in [3.05, 3.63) is 35.9 Å². The second-order valence-electron chi connectivity index (χ2n) is 7.80. The van der Waals surface area contributed by atoms with Crippen molar-refractivity contribution in [2.45, 2.75) is 38.1 Å². The van der Waals surface area contributed by atoms with Crippen LogP contribution in [0.2, 0.25) is 0 Å². The van der Waals surface area contributed by atoms with Crippen LogP contribution in [0.25, 0.3) is 0 Å². The van der Waals surface area contributed by atoms with Crippen molar-refractivity contribution in [2.75, 3.05) is 33.7 Å². The highest BCUT2D eigenvalue weighted by Crippen LogP contribution is 2.29. The Morgan fingerprint density at radius 2 is 2.00 bits per heavy atom. The summed E-state index contributed by atoms with van der Waals surface area (Å²) in [5.74, 6) is 1.20. The minimum Gasteiger partial charge on any atom is -0.335 e. The Bertz CT molecular complexity index is 531. The molecule has 24 heavy (non-hydrogen) atoms. The maximum absolute atomic E-state index is 12.6. The summed E-state index contributed by atoms with van der Waals surface area (Å²) in [6.45, 7) is 2.88. The zero-order valence-electron chi connectivity index (χ0n) is 15.1. The number of carbonyl (C=O) groups excluding carboxylic acids is 1. The van der Waals surface area contributed by atoms with Crippen LogP contribution in [0, 0.1) is 11.8 Å². The maximum Gasteiger partial charge on any atom is 0.317 e. The first-order chi connectivity index (χ1) is 11.6. The minimum absolute atomic E-state index is 0.154. The summed E-state index contributed by atoms with van der Waals surface area (Å²) in [6.07, 6.45) is 5.78. The summed E-state index contributed by atoms with van der Waals surface area (Å²) in [6, 6.07) is 11.2. The van der Waals surface area contributed by atoms with Crippen molar-refractivity contribution in [3.8, 4) is 0 Å². The number of rotatable bonds is 5. The third-order valence-electron chi connectivity index (χ3n) is 5.51. The number of nitrogens with zero attached hydrogens (tertiary/aromatic N) is 2. The molecule has 0 aromatic heterocycles. The Hall–Kier alpha value is -1.55. The van der Waals surface area contributed by atoms with Gasteiger partial charge in [-0.25, -0.2) is 4.79 Å². The first-order valence-corrected chi connectivity index (χ1v) is 9.36. The standard InChI is InChI=1S/C20H31N3O/c1-22(2)14-17-11-12-23(15-17)20(24)21-19-10-6-9-18(19)13-16-7-4-3-5-8-16/h3-5,7-8,17-19H,6,9-15H2,1-2H3,(H,21,24)/t17-,18-,19+/m0/s1. The van der Waals surface area contributed by atoms with Crippen LogP contribution >= 0.6 is 0 Å². The van der Waals surface area contributed by atoms with Crippen LogP contribution in [-0.4, -0.2) is 55.6 Å². The molecule has 4 nitrogen and oxygen atoms in total. The first-order valence-electron chi connectivity index (χ1n) is 9.36. The van der Waals surface area contributed by atoms with Gasteiger partial charge in [-0.3, -0.25) is 0 Å². The van der Waals surface area contributed by atoms with Crippen LogP contribution in [0.5, 0.6) is 0 Å². The third-order valence-corrected chi connectivity index (χ3v) is 5.51. The molecule has 0 spiro atoms. The van der Waals surface area contributed by atoms with E-state index in [4.69, 9.17) is 0 Å². The van der Waals surface area contributed by atoms with Gasteiger partial charge in [-0.15, -0.1) is 0 Å². The van der Waals surface area contributed by atoms with Gasteiger partial charge in [0.05, 0.1) is 0 Å². The van der Waals surface area contributed by atoms with E-state index in [1.54, 1.807) is 0 Å². The summed E-state index contributed by atoms with van der Waals surface area (Å²) in [5, 5.41) is 3.34. The molecule has 1 aliphatic carbocycles. The molecule has 2 amide bonds. The molecule has 4 heteroatoms. The smallest absolute Gasteiger partial charge is 0.317 e. The zero-order chi connectivity index (χ0) is 16.9. The van der Waals surface area contributed by atoms with Gasteiger partial charge in [0.15, 0.2) is 0 Å². The highest BCUT2D eigenvalue weighted by atomic mass is 16.2. The molecule has 2 aliphatic rings. The maximum atomic E-state index is 12.6. The molecule has 0 unspecified atom stereocenters. The number of amides is 2. The highest BCUT2D eigenvalue weighted by Gasteiger charge is 2.32. The molecule has 1 N–H and O–H groups in total. The molecule has 0 radical (unpaired) electrons. The monoisotopic (exact) mass is 329 g/mol. The van der Waals surface area contributed by atoms with Gasteiger partial charge in [-0.05, 0) is 57.2 Å². The number of urea groups is 1. The second-order valence-corrected chi connectivity index (χ2v) is 7.80. The first kappa shape index (κ1) is 17.3. The van der Waals surface area contributed by atoms with E-state index in [2.05, 4.69) is 54.6 Å². The van der Waals surface area contributed by atoms with E-state index in [0.29, 0.717) is 17.9 Å². The molecule has 1 aromatic carbocycles. The second kappa shape index (κ2) is 8.02. The van der Waals surface area contributed by atoms with E-state index in [0.717, 1.165) is 38.9 Å². The van der Waals surface area contributed by atoms with Crippen molar-refractivity contribution in [1.82, 2.24) is 15.1 Å². The van der Waals surface area contributed by atoms with Crippen molar-refractivity contribution in [1.29, 1.82) is 0 Å². The number of likely N-dealkylation sites (tertiary alicyclic amines) is 1. The fourth-order valence-electron chi connectivity index (χ4n) is 4.32. The van der Waals surface area contributed by atoms with Crippen LogP contribution in [-0.2, 0) is 6.42 Å². The van der Waals surface area contributed by atoms with Crippen LogP contribution in [0.1, 0.15) is 31.2 Å². The summed E-state index contributed by atoms with van der Waals surface area (Å²) >= 11 is 0. The van der Waals surface area contributed by atoms with Gasteiger partial charge >= 0.3 is 6.03 Å². The number of benzene rings is 1. The molecular formula is C20H31N3O. The Morgan fingerprint density at radius 1 is 1.21 bits per heavy atom. The van der Waals surface area contributed by atoms with E-state index in [1.807, 2.05) is 4.90 Å². The van der Waals surface area contributed by atoms with Crippen LogP contribution in [0.15, 0.2) is 30.3 Å². The molecule has 132 valence electrons. The van der Waals surface area contributed by atoms with Gasteiger partial charge in [0.2, 0.25) is 0 Å². The highest BCUT2D eigenvalue weighted by molar-refractivity contribution is 5.74. The quantitative estimate of drug-likeness (QED) is 0.901. The Morgan fingerprint density at radius 3 is 2.75 bits per heavy atom. The molecular weight excluding hydrogens is 298 g/mol. The summed E-state index contributed by atoms with van der Waals surface area (Å²) in [7, 11) is 4.21. The van der Waals surface area contributed by atoms with E-state index < -0.39 is 0 Å². The lowest BCUT2D eigenvalue weighted by atomic mass is 9.95. The topological polar surface area (TPSA) is 35.6 Å². The van der Waals surface area contributed by atoms with E-state index in [1.165, 1.54) is 18.4 Å². The van der Waals surface area contributed by atoms with Crippen molar-refractivity contribution >= 4 is 6.03 Å². The average molecular weight is 329 g/mol. The molecule has 3 rings (SSSR count). The normalized spacial score (nSPS) is 27.0. The summed E-state index contributed by atoms with van der Waals surface area (Å²) < 4.78 is 0. The lowest BCUT2D eigenvalue weighted by molar-refractivity contribution is 0.198. The van der Waals surface area contributed by atoms with E-state index >= 15 is 0 Å². The Balaban J connectivity index is 1.50. The fraction of sp³-hybridized carbons (Fsp3) is 0.650. The Labute approximate surface area is 146 Å². The molecule has 1 aromatic rings. The minimum atomic E-state index is 0.154. The fourth-order valence-corrected chi connectivity index (χ4v) is 4.32. The molecule has 3 atom stereocenters. The lowest BCUT2D eigenvalue weighted by Gasteiger charge is -2.25. The molecule has 1 aliphatic heterocycles. The van der Waals surface area contributed by atoms with Gasteiger partial charge < -0.3 is 15.1 Å². The average Bonchev–Trinajstić information content (AvgIpc) is 3.18. The molecule has 0 bridgehead atoms. The predicted molar refractivity (Wildman–Crippen MR) is 98.0 cm³/mol. The van der Waals surface area contributed by atoms with Gasteiger partial charge in [-0.1, -0.05) is 36.8 Å². The Kier molecular flexibility index (Phi) is 5.77. The van der Waals surface area contributed by atoms with E-state index in [-0.39, 0.29) is 6.03 Å². The van der Waals surface area contributed by atoms with Crippen LogP contribution < -0.4 is 5.32 Å². The zero-order valence-corrected chi connectivity index (χ0v) is 15.1. The SMILES string of the molecule is CN(C)C[C@@H]1CCN(C(=O)N[C@@H]2CCC[C@H]2Cc2ccccc2)C1. The van der Waals surface area contributed by atoms with Gasteiger partial charge in [0.1, 0.15) is 0 Å². The van der Waals surface area contributed by atoms with E-state index in [9.17, 15) is 4.79 Å². The lowest BCUT2D eigenvalue weighted by Crippen LogP contribution is -2.45. The summed E-state index contributed by atoms with van der Waals surface area (Å²) in [5.41, 5.74) is 1.39. The molecule has 2 fully saturated rings. The van der Waals surface area contributed by atoms with Crippen LogP contribution in [0.4, 0.5) is 4.79 Å². The molecule has 1 heterocycles. The van der Waals surface area contributed by atoms with Gasteiger partial charge in [0.25, 0.3) is 0 Å². The third kappa shape index (κ3) is 4.50. The van der Waals surface area contributed by atoms with Crippen LogP contribution in [0.3, 0.4) is 0 Å². The number of hydrogen-bond donors (Lipinski definition) is 1. The number of hydrogen-bond acceptors (Lipinski definition) is 2. The molecule has 1 saturated carbocycles. The largest absolute Gasteiger partial charge is 0.335 e.